The maximum Gasteiger partial charge on any atom is 0.328 e. The van der Waals surface area contributed by atoms with Crippen LogP contribution in [0.1, 0.15) is 32.4 Å². The molecule has 186 valence electrons. The van der Waals surface area contributed by atoms with E-state index in [0.717, 1.165) is 0 Å². The van der Waals surface area contributed by atoms with Gasteiger partial charge in [-0.25, -0.2) is 9.78 Å². The lowest BCUT2D eigenvalue weighted by Crippen LogP contribution is -2.59. The van der Waals surface area contributed by atoms with Crippen LogP contribution in [0.4, 0.5) is 0 Å². The highest BCUT2D eigenvalue weighted by atomic mass is 32.2. The molecule has 13 heteroatoms. The second-order valence-corrected chi connectivity index (χ2v) is 8.67. The van der Waals surface area contributed by atoms with Crippen LogP contribution in [0.2, 0.25) is 0 Å². The number of nitrogens with two attached hydrogens (primary N) is 1. The first-order chi connectivity index (χ1) is 15.6. The molecule has 1 heterocycles. The number of H-pyrrole nitrogens is 1. The van der Waals surface area contributed by atoms with Gasteiger partial charge in [0, 0.05) is 18.3 Å². The fourth-order valence-corrected chi connectivity index (χ4v) is 3.37. The van der Waals surface area contributed by atoms with Crippen LogP contribution in [0, 0.1) is 5.92 Å². The lowest BCUT2D eigenvalue weighted by molar-refractivity contribution is -0.143. The SMILES string of the molecule is CCC(C)C(NC(=O)C(N)CCSC)C(=O)NC(Cc1cnc[nH]1)C(=O)NC(CO)C(=O)O. The molecule has 0 aromatic carbocycles. The van der Waals surface area contributed by atoms with Crippen molar-refractivity contribution in [3.8, 4) is 0 Å². The van der Waals surface area contributed by atoms with E-state index in [9.17, 15) is 24.3 Å². The molecule has 1 rings (SSSR count). The summed E-state index contributed by atoms with van der Waals surface area (Å²) in [4.78, 5) is 56.2. The van der Waals surface area contributed by atoms with E-state index in [0.29, 0.717) is 24.3 Å². The zero-order valence-electron chi connectivity index (χ0n) is 19.0. The van der Waals surface area contributed by atoms with Crippen LogP contribution in [0.25, 0.3) is 0 Å². The smallest absolute Gasteiger partial charge is 0.328 e. The average molecular weight is 487 g/mol. The molecule has 5 unspecified atom stereocenters. The minimum Gasteiger partial charge on any atom is -0.480 e. The second kappa shape index (κ2) is 14.5. The standard InChI is InChI=1S/C20H34N6O6S/c1-4-11(2)16(26-17(28)13(21)5-6-33-3)19(30)24-14(7-12-8-22-10-23-12)18(29)25-15(9-27)20(31)32/h8,10-11,13-16,27H,4-7,9,21H2,1-3H3,(H,22,23)(H,24,30)(H,25,29)(H,26,28)(H,31,32). The molecule has 0 bridgehead atoms. The number of imidazole rings is 1. The van der Waals surface area contributed by atoms with Crippen molar-refractivity contribution in [2.75, 3.05) is 18.6 Å². The van der Waals surface area contributed by atoms with Crippen molar-refractivity contribution in [3.63, 3.8) is 0 Å². The highest BCUT2D eigenvalue weighted by Gasteiger charge is 2.32. The highest BCUT2D eigenvalue weighted by molar-refractivity contribution is 7.98. The first-order valence-corrected chi connectivity index (χ1v) is 12.0. The number of hydrogen-bond acceptors (Lipinski definition) is 8. The van der Waals surface area contributed by atoms with Crippen LogP contribution in [-0.4, -0.2) is 86.7 Å². The zero-order valence-corrected chi connectivity index (χ0v) is 19.9. The minimum atomic E-state index is -1.53. The van der Waals surface area contributed by atoms with Crippen LogP contribution in [0.3, 0.4) is 0 Å². The van der Waals surface area contributed by atoms with Crippen molar-refractivity contribution in [2.45, 2.75) is 57.3 Å². The molecular formula is C20H34N6O6S. The van der Waals surface area contributed by atoms with E-state index in [1.807, 2.05) is 13.2 Å². The fourth-order valence-electron chi connectivity index (χ4n) is 2.88. The third kappa shape index (κ3) is 9.40. The largest absolute Gasteiger partial charge is 0.480 e. The maximum absolute atomic E-state index is 13.1. The number of aromatic amines is 1. The van der Waals surface area contributed by atoms with Gasteiger partial charge in [-0.1, -0.05) is 20.3 Å². The molecule has 1 aromatic rings. The normalized spacial score (nSPS) is 15.5. The molecular weight excluding hydrogens is 452 g/mol. The van der Waals surface area contributed by atoms with Gasteiger partial charge in [-0.15, -0.1) is 0 Å². The number of hydrogen-bond donors (Lipinski definition) is 7. The number of aliphatic hydroxyl groups is 1. The van der Waals surface area contributed by atoms with E-state index < -0.39 is 54.5 Å². The number of aromatic nitrogens is 2. The number of amides is 3. The van der Waals surface area contributed by atoms with Crippen LogP contribution in [-0.2, 0) is 25.6 Å². The summed E-state index contributed by atoms with van der Waals surface area (Å²) in [7, 11) is 0. The number of aliphatic carboxylic acids is 1. The van der Waals surface area contributed by atoms with E-state index in [-0.39, 0.29) is 12.3 Å². The molecule has 0 radical (unpaired) electrons. The number of rotatable bonds is 15. The van der Waals surface area contributed by atoms with Crippen LogP contribution >= 0.6 is 11.8 Å². The second-order valence-electron chi connectivity index (χ2n) is 7.68. The van der Waals surface area contributed by atoms with Crippen LogP contribution in [0.5, 0.6) is 0 Å². The van der Waals surface area contributed by atoms with E-state index in [4.69, 9.17) is 10.8 Å². The Hall–Kier alpha value is -2.64. The molecule has 3 amide bonds. The predicted molar refractivity (Wildman–Crippen MR) is 123 cm³/mol. The highest BCUT2D eigenvalue weighted by Crippen LogP contribution is 2.10. The number of nitrogens with zero attached hydrogens (tertiary/aromatic N) is 1. The summed E-state index contributed by atoms with van der Waals surface area (Å²) in [6.45, 7) is 2.83. The summed E-state index contributed by atoms with van der Waals surface area (Å²) < 4.78 is 0. The Morgan fingerprint density at radius 3 is 2.33 bits per heavy atom. The summed E-state index contributed by atoms with van der Waals surface area (Å²) in [5.41, 5.74) is 6.44. The number of carbonyl (C=O) groups excluding carboxylic acids is 3. The number of aliphatic hydroxyl groups excluding tert-OH is 1. The molecule has 33 heavy (non-hydrogen) atoms. The topological polar surface area (TPSA) is 200 Å². The number of carbonyl (C=O) groups is 4. The van der Waals surface area contributed by atoms with Crippen molar-refractivity contribution in [3.05, 3.63) is 18.2 Å². The van der Waals surface area contributed by atoms with Crippen molar-refractivity contribution in [2.24, 2.45) is 11.7 Å². The van der Waals surface area contributed by atoms with Crippen molar-refractivity contribution in [1.29, 1.82) is 0 Å². The van der Waals surface area contributed by atoms with E-state index >= 15 is 0 Å². The first kappa shape index (κ1) is 28.4. The molecule has 0 spiro atoms. The average Bonchev–Trinajstić information content (AvgIpc) is 3.30. The molecule has 8 N–H and O–H groups in total. The number of thioether (sulfide) groups is 1. The number of nitrogens with one attached hydrogen (secondary N) is 4. The zero-order chi connectivity index (χ0) is 25.0. The molecule has 0 aliphatic heterocycles. The first-order valence-electron chi connectivity index (χ1n) is 10.6. The third-order valence-electron chi connectivity index (χ3n) is 5.17. The Labute approximate surface area is 196 Å². The Kier molecular flexibility index (Phi) is 12.5. The van der Waals surface area contributed by atoms with E-state index in [1.54, 1.807) is 18.7 Å². The lowest BCUT2D eigenvalue weighted by Gasteiger charge is -2.27. The van der Waals surface area contributed by atoms with Gasteiger partial charge in [0.25, 0.3) is 0 Å². The molecule has 5 atom stereocenters. The van der Waals surface area contributed by atoms with Crippen molar-refractivity contribution in [1.82, 2.24) is 25.9 Å². The molecule has 0 aliphatic rings. The van der Waals surface area contributed by atoms with Gasteiger partial charge in [-0.05, 0) is 24.3 Å². The van der Waals surface area contributed by atoms with Gasteiger partial charge in [-0.2, -0.15) is 11.8 Å². The summed E-state index contributed by atoms with van der Waals surface area (Å²) in [6, 6.07) is -4.44. The minimum absolute atomic E-state index is 0.0102. The van der Waals surface area contributed by atoms with Gasteiger partial charge in [0.1, 0.15) is 18.1 Å². The van der Waals surface area contributed by atoms with E-state index in [2.05, 4.69) is 25.9 Å². The molecule has 12 nitrogen and oxygen atoms in total. The predicted octanol–water partition coefficient (Wildman–Crippen LogP) is -1.39. The van der Waals surface area contributed by atoms with Gasteiger partial charge in [-0.3, -0.25) is 14.4 Å². The summed E-state index contributed by atoms with van der Waals surface area (Å²) in [5, 5.41) is 25.8. The third-order valence-corrected chi connectivity index (χ3v) is 5.82. The lowest BCUT2D eigenvalue weighted by atomic mass is 9.97. The van der Waals surface area contributed by atoms with Crippen LogP contribution < -0.4 is 21.7 Å². The molecule has 0 saturated carbocycles. The molecule has 0 fully saturated rings. The Morgan fingerprint density at radius 1 is 1.15 bits per heavy atom. The summed E-state index contributed by atoms with van der Waals surface area (Å²) in [5.74, 6) is -2.86. The number of carboxylic acid groups (broad SMARTS) is 1. The Morgan fingerprint density at radius 2 is 1.82 bits per heavy atom. The van der Waals surface area contributed by atoms with Gasteiger partial charge < -0.3 is 36.9 Å². The molecule has 1 aromatic heterocycles. The Balaban J connectivity index is 3.02. The van der Waals surface area contributed by atoms with Crippen molar-refractivity contribution < 1.29 is 29.4 Å². The monoisotopic (exact) mass is 486 g/mol. The summed E-state index contributed by atoms with van der Waals surface area (Å²) >= 11 is 1.55. The Bertz CT molecular complexity index is 777. The molecule has 0 aliphatic carbocycles. The maximum atomic E-state index is 13.1. The quantitative estimate of drug-likeness (QED) is 0.156. The molecule has 0 saturated heterocycles. The fraction of sp³-hybridized carbons (Fsp3) is 0.650. The van der Waals surface area contributed by atoms with Gasteiger partial charge in [0.05, 0.1) is 19.0 Å². The summed E-state index contributed by atoms with van der Waals surface area (Å²) in [6.07, 6.45) is 5.77. The number of carboxylic acids is 1. The van der Waals surface area contributed by atoms with E-state index in [1.165, 1.54) is 12.5 Å². The van der Waals surface area contributed by atoms with Crippen LogP contribution in [0.15, 0.2) is 12.5 Å². The van der Waals surface area contributed by atoms with Gasteiger partial charge in [0.15, 0.2) is 0 Å². The van der Waals surface area contributed by atoms with Gasteiger partial charge in [0.2, 0.25) is 17.7 Å². The van der Waals surface area contributed by atoms with Gasteiger partial charge >= 0.3 is 5.97 Å². The van der Waals surface area contributed by atoms with Crippen molar-refractivity contribution >= 4 is 35.5 Å².